The van der Waals surface area contributed by atoms with E-state index in [1.165, 1.54) is 18.4 Å². The smallest absolute Gasteiger partial charge is 0.217 e. The molecule has 1 unspecified atom stereocenters. The quantitative estimate of drug-likeness (QED) is 0.570. The molecule has 162 valence electrons. The first-order valence-corrected chi connectivity index (χ1v) is 11.6. The number of nitrogens with one attached hydrogen (secondary N) is 2. The van der Waals surface area contributed by atoms with Gasteiger partial charge in [-0.2, -0.15) is 0 Å². The van der Waals surface area contributed by atoms with Crippen molar-refractivity contribution in [2.45, 2.75) is 58.8 Å². The number of carbonyl (C=O) groups is 1. The molecule has 30 heavy (non-hydrogen) atoms. The highest BCUT2D eigenvalue weighted by Crippen LogP contribution is 2.82. The van der Waals surface area contributed by atoms with Gasteiger partial charge < -0.3 is 15.4 Å². The second-order valence-corrected chi connectivity index (χ2v) is 9.30. The van der Waals surface area contributed by atoms with Crippen molar-refractivity contribution in [2.75, 3.05) is 13.1 Å². The fraction of sp³-hybridized carbons (Fsp3) is 0.577. The van der Waals surface area contributed by atoms with Gasteiger partial charge in [0, 0.05) is 29.7 Å². The number of unbranched alkanes of at least 4 members (excludes halogenated alkanes) is 1. The Balaban J connectivity index is 1.58. The molecular formula is C26H36N2O2. The van der Waals surface area contributed by atoms with Gasteiger partial charge >= 0.3 is 0 Å². The molecule has 3 aliphatic rings. The predicted molar refractivity (Wildman–Crippen MR) is 121 cm³/mol. The lowest BCUT2D eigenvalue weighted by Crippen LogP contribution is -2.46. The van der Waals surface area contributed by atoms with Crippen LogP contribution in [0.3, 0.4) is 0 Å². The van der Waals surface area contributed by atoms with Crippen LogP contribution in [0.25, 0.3) is 0 Å². The minimum absolute atomic E-state index is 0.0184. The first-order valence-electron chi connectivity index (χ1n) is 11.6. The molecule has 1 aromatic carbocycles. The molecule has 2 fully saturated rings. The average molecular weight is 409 g/mol. The number of fused-ring (bicyclic) bond motifs is 1. The van der Waals surface area contributed by atoms with Gasteiger partial charge in [0.05, 0.1) is 12.7 Å². The average Bonchev–Trinajstić information content (AvgIpc) is 3.29. The van der Waals surface area contributed by atoms with Crippen LogP contribution in [0.4, 0.5) is 0 Å². The zero-order valence-corrected chi connectivity index (χ0v) is 18.6. The second-order valence-electron chi connectivity index (χ2n) is 9.30. The highest BCUT2D eigenvalue weighted by molar-refractivity contribution is 5.74. The number of hydrogen-bond donors (Lipinski definition) is 2. The Morgan fingerprint density at radius 1 is 1.17 bits per heavy atom. The maximum atomic E-state index is 12.2. The molecule has 6 atom stereocenters. The Morgan fingerprint density at radius 2 is 1.97 bits per heavy atom. The Kier molecular flexibility index (Phi) is 6.17. The normalized spacial score (nSPS) is 35.7. The molecule has 4 nitrogen and oxygen atoms in total. The maximum Gasteiger partial charge on any atom is 0.217 e. The summed E-state index contributed by atoms with van der Waals surface area (Å²) in [5.41, 5.74) is 1.21. The molecule has 0 radical (unpaired) electrons. The van der Waals surface area contributed by atoms with Crippen molar-refractivity contribution in [1.82, 2.24) is 10.6 Å². The molecule has 4 rings (SSSR count). The zero-order valence-electron chi connectivity index (χ0n) is 18.6. The molecule has 0 heterocycles. The fourth-order valence-corrected chi connectivity index (χ4v) is 6.48. The highest BCUT2D eigenvalue weighted by Gasteiger charge is 2.85. The Morgan fingerprint density at radius 3 is 2.70 bits per heavy atom. The van der Waals surface area contributed by atoms with Crippen LogP contribution in [0.15, 0.2) is 54.6 Å². The summed E-state index contributed by atoms with van der Waals surface area (Å²) < 4.78 is 6.64. The Hall–Kier alpha value is -1.91. The van der Waals surface area contributed by atoms with Crippen molar-refractivity contribution < 1.29 is 9.53 Å². The zero-order chi connectivity index (χ0) is 21.2. The third kappa shape index (κ3) is 3.34. The van der Waals surface area contributed by atoms with E-state index in [1.807, 2.05) is 6.07 Å². The van der Waals surface area contributed by atoms with Crippen LogP contribution >= 0.6 is 0 Å². The summed E-state index contributed by atoms with van der Waals surface area (Å²) in [7, 11) is 0. The van der Waals surface area contributed by atoms with Crippen molar-refractivity contribution >= 4 is 5.91 Å². The number of ether oxygens (including phenoxy) is 1. The van der Waals surface area contributed by atoms with Crippen molar-refractivity contribution in [3.8, 4) is 0 Å². The van der Waals surface area contributed by atoms with Crippen molar-refractivity contribution in [3.63, 3.8) is 0 Å². The van der Waals surface area contributed by atoms with Crippen LogP contribution in [0.1, 0.15) is 45.6 Å². The number of benzene rings is 1. The maximum absolute atomic E-state index is 12.2. The first kappa shape index (κ1) is 21.3. The highest BCUT2D eigenvalue weighted by atomic mass is 16.5. The molecule has 1 amide bonds. The van der Waals surface area contributed by atoms with Crippen LogP contribution in [0, 0.1) is 22.7 Å². The van der Waals surface area contributed by atoms with Gasteiger partial charge in [0.15, 0.2) is 0 Å². The molecule has 1 aromatic rings. The summed E-state index contributed by atoms with van der Waals surface area (Å²) in [4.78, 5) is 12.2. The molecular weight excluding hydrogens is 372 g/mol. The van der Waals surface area contributed by atoms with Gasteiger partial charge in [-0.05, 0) is 37.4 Å². The van der Waals surface area contributed by atoms with Gasteiger partial charge in [-0.15, -0.1) is 0 Å². The molecule has 0 saturated heterocycles. The molecule has 1 spiro atoms. The van der Waals surface area contributed by atoms with Crippen LogP contribution in [0.5, 0.6) is 0 Å². The lowest BCUT2D eigenvalue weighted by atomic mass is 9.84. The first-order chi connectivity index (χ1) is 14.6. The molecule has 0 bridgehead atoms. The third-order valence-electron chi connectivity index (χ3n) is 7.66. The van der Waals surface area contributed by atoms with Gasteiger partial charge in [-0.1, -0.05) is 74.9 Å². The summed E-state index contributed by atoms with van der Waals surface area (Å²) in [6.07, 6.45) is 12.7. The van der Waals surface area contributed by atoms with E-state index >= 15 is 0 Å². The van der Waals surface area contributed by atoms with E-state index in [2.05, 4.69) is 73.1 Å². The van der Waals surface area contributed by atoms with E-state index in [1.54, 1.807) is 6.92 Å². The Bertz CT molecular complexity index is 805. The van der Waals surface area contributed by atoms with E-state index in [0.29, 0.717) is 12.5 Å². The molecule has 2 N–H and O–H groups in total. The number of hydrogen-bond acceptors (Lipinski definition) is 3. The number of allylic oxidation sites excluding steroid dienone is 3. The Labute approximate surface area is 181 Å². The predicted octanol–water partition coefficient (Wildman–Crippen LogP) is 4.23. The number of carbonyl (C=O) groups excluding carboxylic acids is 1. The minimum atomic E-state index is -0.0184. The summed E-state index contributed by atoms with van der Waals surface area (Å²) in [6, 6.07) is 10.5. The number of amides is 1. The second kappa shape index (κ2) is 8.68. The molecule has 4 heteroatoms. The summed E-state index contributed by atoms with van der Waals surface area (Å²) in [5.74, 6) is 0.748. The summed E-state index contributed by atoms with van der Waals surface area (Å²) >= 11 is 0. The minimum Gasteiger partial charge on any atom is -0.372 e. The largest absolute Gasteiger partial charge is 0.372 e. The summed E-state index contributed by atoms with van der Waals surface area (Å²) in [6.45, 7) is 8.77. The van der Waals surface area contributed by atoms with Crippen LogP contribution in [-0.4, -0.2) is 31.1 Å². The molecule has 2 saturated carbocycles. The van der Waals surface area contributed by atoms with E-state index in [-0.39, 0.29) is 34.8 Å². The van der Waals surface area contributed by atoms with Crippen LogP contribution in [0.2, 0.25) is 0 Å². The standard InChI is InChI=1S/C26H36N2O2/c1-4-5-16-27-17-15-25-22-13-9-10-14-26(22,25)24(19(2)23(25)28-20(3)29)30-18-21-11-7-6-8-12-21/h6-14,19,22-24,27H,4-5,15-18H2,1-3H3,(H,28,29)/t19-,22+,23-,24+,25?,26+/m1/s1. The van der Waals surface area contributed by atoms with E-state index in [9.17, 15) is 4.79 Å². The fourth-order valence-electron chi connectivity index (χ4n) is 6.48. The van der Waals surface area contributed by atoms with E-state index in [4.69, 9.17) is 4.74 Å². The number of rotatable bonds is 10. The topological polar surface area (TPSA) is 50.4 Å². The van der Waals surface area contributed by atoms with Crippen molar-refractivity contribution in [1.29, 1.82) is 0 Å². The van der Waals surface area contributed by atoms with Gasteiger partial charge in [0.1, 0.15) is 0 Å². The van der Waals surface area contributed by atoms with Crippen LogP contribution < -0.4 is 10.6 Å². The van der Waals surface area contributed by atoms with Gasteiger partial charge in [0.25, 0.3) is 0 Å². The van der Waals surface area contributed by atoms with Crippen molar-refractivity contribution in [2.24, 2.45) is 22.7 Å². The van der Waals surface area contributed by atoms with Gasteiger partial charge in [0.2, 0.25) is 5.91 Å². The SMILES string of the molecule is CCCCNCCC12[C@H](NC(C)=O)[C@@H](C)[C@H](OCc3ccccc3)[C@@]13C=CC=C[C@@H]23. The van der Waals surface area contributed by atoms with E-state index in [0.717, 1.165) is 19.5 Å². The molecule has 3 aliphatic carbocycles. The third-order valence-corrected chi connectivity index (χ3v) is 7.66. The van der Waals surface area contributed by atoms with Gasteiger partial charge in [-0.3, -0.25) is 4.79 Å². The van der Waals surface area contributed by atoms with Crippen LogP contribution in [-0.2, 0) is 16.1 Å². The lowest BCUT2D eigenvalue weighted by Gasteiger charge is -2.32. The molecule has 0 aliphatic heterocycles. The van der Waals surface area contributed by atoms with Crippen molar-refractivity contribution in [3.05, 3.63) is 60.2 Å². The lowest BCUT2D eigenvalue weighted by molar-refractivity contribution is -0.120. The van der Waals surface area contributed by atoms with Gasteiger partial charge in [-0.25, -0.2) is 0 Å². The summed E-state index contributed by atoms with van der Waals surface area (Å²) in [5, 5.41) is 6.97. The van der Waals surface area contributed by atoms with E-state index < -0.39 is 0 Å². The monoisotopic (exact) mass is 408 g/mol. The molecule has 0 aromatic heterocycles.